The maximum atomic E-state index is 12.2. The van der Waals surface area contributed by atoms with Gasteiger partial charge >= 0.3 is 0 Å². The molecule has 1 aliphatic rings. The summed E-state index contributed by atoms with van der Waals surface area (Å²) in [7, 11) is 1.81. The van der Waals surface area contributed by atoms with Crippen LogP contribution in [0.25, 0.3) is 10.9 Å². The van der Waals surface area contributed by atoms with Gasteiger partial charge in [-0.05, 0) is 30.4 Å². The van der Waals surface area contributed by atoms with E-state index >= 15 is 0 Å². The Kier molecular flexibility index (Phi) is 1.77. The Labute approximate surface area is 93.5 Å². The normalized spacial score (nSPS) is 17.6. The summed E-state index contributed by atoms with van der Waals surface area (Å²) >= 11 is 0. The highest BCUT2D eigenvalue weighted by molar-refractivity contribution is 5.79. The van der Waals surface area contributed by atoms with Crippen LogP contribution in [-0.4, -0.2) is 4.57 Å². The number of hydrogen-bond acceptors (Lipinski definition) is 2. The fourth-order valence-corrected chi connectivity index (χ4v) is 2.18. The van der Waals surface area contributed by atoms with E-state index in [2.05, 4.69) is 0 Å². The van der Waals surface area contributed by atoms with Gasteiger partial charge in [-0.15, -0.1) is 0 Å². The lowest BCUT2D eigenvalue weighted by Crippen LogP contribution is -2.31. The van der Waals surface area contributed by atoms with Crippen LogP contribution >= 0.6 is 0 Å². The second kappa shape index (κ2) is 2.95. The molecule has 0 spiro atoms. The predicted octanol–water partition coefficient (Wildman–Crippen LogP) is 1.49. The van der Waals surface area contributed by atoms with Gasteiger partial charge in [-0.2, -0.15) is 0 Å². The van der Waals surface area contributed by atoms with Gasteiger partial charge in [0.2, 0.25) is 0 Å². The maximum absolute atomic E-state index is 12.2. The van der Waals surface area contributed by atoms with Crippen molar-refractivity contribution in [2.24, 2.45) is 12.8 Å². The van der Waals surface area contributed by atoms with E-state index in [-0.39, 0.29) is 11.1 Å². The summed E-state index contributed by atoms with van der Waals surface area (Å²) in [5, 5.41) is 1.08. The summed E-state index contributed by atoms with van der Waals surface area (Å²) in [4.78, 5) is 12.2. The van der Waals surface area contributed by atoms with Gasteiger partial charge in [-0.3, -0.25) is 4.79 Å². The summed E-state index contributed by atoms with van der Waals surface area (Å²) in [6.07, 6.45) is 1.83. The van der Waals surface area contributed by atoms with Crippen LogP contribution in [0.5, 0.6) is 0 Å². The molecule has 1 aromatic carbocycles. The van der Waals surface area contributed by atoms with Crippen LogP contribution in [0.4, 0.5) is 0 Å². The number of rotatable bonds is 1. The topological polar surface area (TPSA) is 48.0 Å². The standard InChI is InChI=1S/C13H14N2O/c1-15-11-5-3-2-4-9(11)8-10(12(15)16)13(14)6-7-13/h2-5,8H,6-7,14H2,1H3. The zero-order valence-electron chi connectivity index (χ0n) is 9.23. The molecular weight excluding hydrogens is 200 g/mol. The monoisotopic (exact) mass is 214 g/mol. The smallest absolute Gasteiger partial charge is 0.255 e. The quantitative estimate of drug-likeness (QED) is 0.781. The van der Waals surface area contributed by atoms with Crippen molar-refractivity contribution < 1.29 is 0 Å². The summed E-state index contributed by atoms with van der Waals surface area (Å²) in [6.45, 7) is 0. The fraction of sp³-hybridized carbons (Fsp3) is 0.308. The third kappa shape index (κ3) is 1.21. The molecule has 0 radical (unpaired) electrons. The van der Waals surface area contributed by atoms with Gasteiger partial charge in [0, 0.05) is 18.2 Å². The highest BCUT2D eigenvalue weighted by atomic mass is 16.1. The molecule has 1 fully saturated rings. The maximum Gasteiger partial charge on any atom is 0.255 e. The van der Waals surface area contributed by atoms with Crippen molar-refractivity contribution in [1.29, 1.82) is 0 Å². The molecule has 16 heavy (non-hydrogen) atoms. The number of hydrogen-bond donors (Lipinski definition) is 1. The molecule has 3 rings (SSSR count). The molecule has 3 nitrogen and oxygen atoms in total. The van der Waals surface area contributed by atoms with Crippen LogP contribution in [0.1, 0.15) is 18.4 Å². The average molecular weight is 214 g/mol. The molecule has 0 unspecified atom stereocenters. The first-order valence-electron chi connectivity index (χ1n) is 5.50. The van der Waals surface area contributed by atoms with E-state index in [1.54, 1.807) is 11.6 Å². The van der Waals surface area contributed by atoms with Crippen molar-refractivity contribution in [3.8, 4) is 0 Å². The first kappa shape index (κ1) is 9.60. The predicted molar refractivity (Wildman–Crippen MR) is 64.3 cm³/mol. The summed E-state index contributed by atoms with van der Waals surface area (Å²) in [5.41, 5.74) is 7.51. The molecule has 2 N–H and O–H groups in total. The van der Waals surface area contributed by atoms with Crippen molar-refractivity contribution >= 4 is 10.9 Å². The van der Waals surface area contributed by atoms with Crippen LogP contribution < -0.4 is 11.3 Å². The molecule has 1 aliphatic carbocycles. The van der Waals surface area contributed by atoms with Gasteiger partial charge in [0.25, 0.3) is 5.56 Å². The second-order valence-electron chi connectivity index (χ2n) is 4.64. The van der Waals surface area contributed by atoms with Crippen molar-refractivity contribution in [3.63, 3.8) is 0 Å². The third-order valence-electron chi connectivity index (χ3n) is 3.46. The Morgan fingerprint density at radius 1 is 1.31 bits per heavy atom. The van der Waals surface area contributed by atoms with E-state index in [1.165, 1.54) is 0 Å². The lowest BCUT2D eigenvalue weighted by molar-refractivity contribution is 0.710. The minimum Gasteiger partial charge on any atom is -0.321 e. The average Bonchev–Trinajstić information content (AvgIpc) is 3.03. The first-order valence-corrected chi connectivity index (χ1v) is 5.50. The van der Waals surface area contributed by atoms with E-state index in [0.717, 1.165) is 29.3 Å². The Balaban J connectivity index is 2.40. The molecule has 0 amide bonds. The molecule has 2 aromatic rings. The Morgan fingerprint density at radius 2 is 2.00 bits per heavy atom. The molecule has 1 saturated carbocycles. The summed E-state index contributed by atoms with van der Waals surface area (Å²) in [5.74, 6) is 0. The second-order valence-corrected chi connectivity index (χ2v) is 4.64. The van der Waals surface area contributed by atoms with Gasteiger partial charge in [0.1, 0.15) is 0 Å². The van der Waals surface area contributed by atoms with Crippen molar-refractivity contribution in [3.05, 3.63) is 46.2 Å². The van der Waals surface area contributed by atoms with Crippen molar-refractivity contribution in [2.45, 2.75) is 18.4 Å². The van der Waals surface area contributed by atoms with Crippen molar-refractivity contribution in [1.82, 2.24) is 4.57 Å². The van der Waals surface area contributed by atoms with E-state index in [1.807, 2.05) is 30.3 Å². The van der Waals surface area contributed by atoms with Gasteiger partial charge in [-0.25, -0.2) is 0 Å². The number of pyridine rings is 1. The first-order chi connectivity index (χ1) is 7.62. The van der Waals surface area contributed by atoms with E-state index < -0.39 is 0 Å². The largest absolute Gasteiger partial charge is 0.321 e. The minimum atomic E-state index is -0.362. The molecule has 0 bridgehead atoms. The third-order valence-corrected chi connectivity index (χ3v) is 3.46. The molecule has 3 heteroatoms. The van der Waals surface area contributed by atoms with Gasteiger partial charge < -0.3 is 10.3 Å². The summed E-state index contributed by atoms with van der Waals surface area (Å²) < 4.78 is 1.69. The van der Waals surface area contributed by atoms with Crippen LogP contribution in [0, 0.1) is 0 Å². The van der Waals surface area contributed by atoms with Crippen LogP contribution in [0.2, 0.25) is 0 Å². The number of aryl methyl sites for hydroxylation is 1. The number of fused-ring (bicyclic) bond motifs is 1. The zero-order chi connectivity index (χ0) is 11.3. The number of para-hydroxylation sites is 1. The number of benzene rings is 1. The Morgan fingerprint density at radius 3 is 2.69 bits per heavy atom. The Bertz CT molecular complexity index is 623. The number of nitrogens with two attached hydrogens (primary N) is 1. The van der Waals surface area contributed by atoms with E-state index in [0.29, 0.717) is 0 Å². The molecule has 0 saturated heterocycles. The molecule has 1 aromatic heterocycles. The molecule has 82 valence electrons. The van der Waals surface area contributed by atoms with E-state index in [4.69, 9.17) is 5.73 Å². The SMILES string of the molecule is Cn1c(=O)c(C2(N)CC2)cc2ccccc21. The zero-order valence-corrected chi connectivity index (χ0v) is 9.23. The lowest BCUT2D eigenvalue weighted by atomic mass is 10.0. The van der Waals surface area contributed by atoms with Crippen LogP contribution in [-0.2, 0) is 12.6 Å². The number of nitrogens with zero attached hydrogens (tertiary/aromatic N) is 1. The van der Waals surface area contributed by atoms with Crippen LogP contribution in [0.15, 0.2) is 35.1 Å². The highest BCUT2D eigenvalue weighted by Gasteiger charge is 2.42. The van der Waals surface area contributed by atoms with E-state index in [9.17, 15) is 4.79 Å². The molecule has 0 aliphatic heterocycles. The lowest BCUT2D eigenvalue weighted by Gasteiger charge is -2.12. The molecule has 1 heterocycles. The fourth-order valence-electron chi connectivity index (χ4n) is 2.18. The Hall–Kier alpha value is -1.61. The summed E-state index contributed by atoms with van der Waals surface area (Å²) in [6, 6.07) is 9.84. The van der Waals surface area contributed by atoms with Crippen molar-refractivity contribution in [2.75, 3.05) is 0 Å². The van der Waals surface area contributed by atoms with Gasteiger partial charge in [0.05, 0.1) is 5.52 Å². The number of aromatic nitrogens is 1. The highest BCUT2D eigenvalue weighted by Crippen LogP contribution is 2.41. The molecular formula is C13H14N2O. The minimum absolute atomic E-state index is 0.0405. The van der Waals surface area contributed by atoms with Gasteiger partial charge in [-0.1, -0.05) is 18.2 Å². The van der Waals surface area contributed by atoms with Gasteiger partial charge in [0.15, 0.2) is 0 Å². The molecule has 0 atom stereocenters. The van der Waals surface area contributed by atoms with Crippen LogP contribution in [0.3, 0.4) is 0 Å².